The van der Waals surface area contributed by atoms with E-state index in [0.717, 1.165) is 13.1 Å². The lowest BCUT2D eigenvalue weighted by molar-refractivity contribution is -0.119. The fraction of sp³-hybridized carbons (Fsp3) is 0.929. The number of piperidine rings is 1. The van der Waals surface area contributed by atoms with E-state index in [2.05, 4.69) is 17.1 Å². The van der Waals surface area contributed by atoms with Gasteiger partial charge in [0.1, 0.15) is 0 Å². The van der Waals surface area contributed by atoms with Crippen LogP contribution in [0.2, 0.25) is 0 Å². The van der Waals surface area contributed by atoms with Crippen LogP contribution in [-0.4, -0.2) is 42.5 Å². The number of nitrogens with two attached hydrogens (primary N) is 1. The quantitative estimate of drug-likeness (QED) is 0.789. The monoisotopic (exact) mass is 253 g/mol. The Hall–Kier alpha value is -0.610. The van der Waals surface area contributed by atoms with Crippen LogP contribution in [0.1, 0.15) is 45.4 Å². The van der Waals surface area contributed by atoms with Crippen molar-refractivity contribution in [2.45, 2.75) is 57.5 Å². The van der Waals surface area contributed by atoms with Crippen LogP contribution in [0.25, 0.3) is 0 Å². The summed E-state index contributed by atoms with van der Waals surface area (Å²) in [7, 11) is 0. The number of rotatable bonds is 4. The average Bonchev–Trinajstić information content (AvgIpc) is 2.28. The van der Waals surface area contributed by atoms with Gasteiger partial charge < -0.3 is 11.1 Å². The van der Waals surface area contributed by atoms with Crippen LogP contribution in [0.5, 0.6) is 0 Å². The van der Waals surface area contributed by atoms with Gasteiger partial charge in [0.05, 0.1) is 6.54 Å². The summed E-state index contributed by atoms with van der Waals surface area (Å²) in [5.41, 5.74) is 5.30. The van der Waals surface area contributed by atoms with Crippen LogP contribution < -0.4 is 11.1 Å². The average molecular weight is 253 g/mol. The van der Waals surface area contributed by atoms with Crippen LogP contribution in [0.4, 0.5) is 0 Å². The highest BCUT2D eigenvalue weighted by molar-refractivity contribution is 5.75. The Balaban J connectivity index is 1.81. The van der Waals surface area contributed by atoms with Crippen molar-refractivity contribution < 1.29 is 4.79 Å². The molecular formula is C14H27N3O. The number of hydrogen-bond acceptors (Lipinski definition) is 3. The van der Waals surface area contributed by atoms with E-state index in [9.17, 15) is 4.79 Å². The Morgan fingerprint density at radius 3 is 2.61 bits per heavy atom. The van der Waals surface area contributed by atoms with E-state index in [4.69, 9.17) is 5.73 Å². The molecule has 1 saturated carbocycles. The molecule has 18 heavy (non-hydrogen) atoms. The van der Waals surface area contributed by atoms with E-state index < -0.39 is 0 Å². The zero-order valence-electron chi connectivity index (χ0n) is 11.5. The standard InChI is InChI=1S/C14H27N3O/c1-11-7-13(9-17(8-11)10-14(15)18)16-12-5-3-2-4-6-12/h11-13,16H,2-10H2,1H3,(H2,15,18). The number of nitrogens with zero attached hydrogens (tertiary/aromatic N) is 1. The number of carbonyl (C=O) groups is 1. The van der Waals surface area contributed by atoms with E-state index in [1.807, 2.05) is 0 Å². The van der Waals surface area contributed by atoms with Gasteiger partial charge in [-0.15, -0.1) is 0 Å². The Morgan fingerprint density at radius 2 is 1.94 bits per heavy atom. The molecule has 1 saturated heterocycles. The Bertz CT molecular complexity index is 276. The summed E-state index contributed by atoms with van der Waals surface area (Å²) in [6.45, 7) is 4.66. The number of primary amides is 1. The molecule has 2 aliphatic rings. The lowest BCUT2D eigenvalue weighted by Crippen LogP contribution is -2.53. The molecule has 2 rings (SSSR count). The first-order valence-electron chi connectivity index (χ1n) is 7.40. The molecule has 0 aromatic heterocycles. The van der Waals surface area contributed by atoms with Gasteiger partial charge in [0.2, 0.25) is 5.91 Å². The minimum Gasteiger partial charge on any atom is -0.369 e. The van der Waals surface area contributed by atoms with Gasteiger partial charge in [0.25, 0.3) is 0 Å². The van der Waals surface area contributed by atoms with Crippen molar-refractivity contribution in [2.75, 3.05) is 19.6 Å². The smallest absolute Gasteiger partial charge is 0.231 e. The fourth-order valence-corrected chi connectivity index (χ4v) is 3.53. The SMILES string of the molecule is CC1CC(NC2CCCCC2)CN(CC(N)=O)C1. The number of nitrogens with one attached hydrogen (secondary N) is 1. The maximum atomic E-state index is 11.0. The second kappa shape index (κ2) is 6.53. The van der Waals surface area contributed by atoms with Crippen molar-refractivity contribution in [3.05, 3.63) is 0 Å². The molecule has 1 amide bonds. The Kier molecular flexibility index (Phi) is 5.01. The summed E-state index contributed by atoms with van der Waals surface area (Å²) >= 11 is 0. The van der Waals surface area contributed by atoms with Crippen molar-refractivity contribution in [2.24, 2.45) is 11.7 Å². The summed E-state index contributed by atoms with van der Waals surface area (Å²) in [5.74, 6) is 0.444. The minimum atomic E-state index is -0.208. The third-order valence-corrected chi connectivity index (χ3v) is 4.19. The molecule has 0 aromatic rings. The third-order valence-electron chi connectivity index (χ3n) is 4.19. The second-order valence-corrected chi connectivity index (χ2v) is 6.20. The van der Waals surface area contributed by atoms with Gasteiger partial charge in [-0.2, -0.15) is 0 Å². The molecule has 2 fully saturated rings. The molecular weight excluding hydrogens is 226 g/mol. The van der Waals surface area contributed by atoms with Gasteiger partial charge in [0, 0.05) is 25.2 Å². The molecule has 0 radical (unpaired) electrons. The van der Waals surface area contributed by atoms with Crippen molar-refractivity contribution >= 4 is 5.91 Å². The third kappa shape index (κ3) is 4.25. The molecule has 0 aromatic carbocycles. The fourth-order valence-electron chi connectivity index (χ4n) is 3.53. The Morgan fingerprint density at radius 1 is 1.22 bits per heavy atom. The first kappa shape index (κ1) is 13.8. The highest BCUT2D eigenvalue weighted by Gasteiger charge is 2.27. The molecule has 1 aliphatic heterocycles. The zero-order valence-corrected chi connectivity index (χ0v) is 11.5. The van der Waals surface area contributed by atoms with Crippen molar-refractivity contribution in [3.63, 3.8) is 0 Å². The van der Waals surface area contributed by atoms with Crippen LogP contribution in [-0.2, 0) is 4.79 Å². The second-order valence-electron chi connectivity index (χ2n) is 6.20. The molecule has 104 valence electrons. The van der Waals surface area contributed by atoms with Gasteiger partial charge in [-0.1, -0.05) is 26.2 Å². The Labute approximate surface area is 110 Å². The van der Waals surface area contributed by atoms with Crippen LogP contribution in [0.3, 0.4) is 0 Å². The van der Waals surface area contributed by atoms with Gasteiger partial charge in [0.15, 0.2) is 0 Å². The van der Waals surface area contributed by atoms with Crippen LogP contribution in [0, 0.1) is 5.92 Å². The first-order valence-corrected chi connectivity index (χ1v) is 7.40. The van der Waals surface area contributed by atoms with E-state index in [1.54, 1.807) is 0 Å². The van der Waals surface area contributed by atoms with E-state index in [1.165, 1.54) is 38.5 Å². The maximum absolute atomic E-state index is 11.0. The molecule has 1 aliphatic carbocycles. The molecule has 0 spiro atoms. The van der Waals surface area contributed by atoms with Crippen molar-refractivity contribution in [3.8, 4) is 0 Å². The molecule has 1 heterocycles. The summed E-state index contributed by atoms with van der Waals surface area (Å²) in [5, 5.41) is 3.80. The maximum Gasteiger partial charge on any atom is 0.231 e. The first-order chi connectivity index (χ1) is 8.63. The molecule has 4 nitrogen and oxygen atoms in total. The van der Waals surface area contributed by atoms with Crippen LogP contribution in [0.15, 0.2) is 0 Å². The van der Waals surface area contributed by atoms with E-state index >= 15 is 0 Å². The van der Waals surface area contributed by atoms with Crippen molar-refractivity contribution in [1.82, 2.24) is 10.2 Å². The topological polar surface area (TPSA) is 58.4 Å². The number of likely N-dealkylation sites (tertiary alicyclic amines) is 1. The highest BCUT2D eigenvalue weighted by Crippen LogP contribution is 2.21. The summed E-state index contributed by atoms with van der Waals surface area (Å²) in [6.07, 6.45) is 8.00. The lowest BCUT2D eigenvalue weighted by Gasteiger charge is -2.38. The van der Waals surface area contributed by atoms with Gasteiger partial charge in [-0.05, 0) is 25.2 Å². The molecule has 3 N–H and O–H groups in total. The van der Waals surface area contributed by atoms with E-state index in [0.29, 0.717) is 24.5 Å². The number of carbonyl (C=O) groups excluding carboxylic acids is 1. The summed E-state index contributed by atoms with van der Waals surface area (Å²) in [4.78, 5) is 13.2. The molecule has 0 bridgehead atoms. The lowest BCUT2D eigenvalue weighted by atomic mass is 9.91. The highest BCUT2D eigenvalue weighted by atomic mass is 16.1. The normalized spacial score (nSPS) is 31.4. The van der Waals surface area contributed by atoms with E-state index in [-0.39, 0.29) is 5.91 Å². The van der Waals surface area contributed by atoms with Gasteiger partial charge in [-0.3, -0.25) is 9.69 Å². The number of amides is 1. The van der Waals surface area contributed by atoms with Gasteiger partial charge >= 0.3 is 0 Å². The van der Waals surface area contributed by atoms with Gasteiger partial charge in [-0.25, -0.2) is 0 Å². The predicted molar refractivity (Wildman–Crippen MR) is 73.2 cm³/mol. The molecule has 2 atom stereocenters. The van der Waals surface area contributed by atoms with Crippen molar-refractivity contribution in [1.29, 1.82) is 0 Å². The molecule has 2 unspecified atom stereocenters. The predicted octanol–water partition coefficient (Wildman–Crippen LogP) is 1.10. The minimum absolute atomic E-state index is 0.208. The zero-order chi connectivity index (χ0) is 13.0. The number of hydrogen-bond donors (Lipinski definition) is 2. The summed E-state index contributed by atoms with van der Waals surface area (Å²) in [6, 6.07) is 1.24. The molecule has 4 heteroatoms. The van der Waals surface area contributed by atoms with Crippen LogP contribution >= 0.6 is 0 Å². The largest absolute Gasteiger partial charge is 0.369 e. The summed E-state index contributed by atoms with van der Waals surface area (Å²) < 4.78 is 0.